The number of aromatic amines is 1. The van der Waals surface area contributed by atoms with Crippen LogP contribution in [-0.4, -0.2) is 26.0 Å². The van der Waals surface area contributed by atoms with Crippen LogP contribution < -0.4 is 5.56 Å². The monoisotopic (exact) mass is 352 g/mol. The van der Waals surface area contributed by atoms with Crippen molar-refractivity contribution >= 4 is 17.3 Å². The number of carboxylic acid groups (broad SMARTS) is 1. The first-order chi connectivity index (χ1) is 12.4. The van der Waals surface area contributed by atoms with E-state index in [2.05, 4.69) is 15.3 Å². The van der Waals surface area contributed by atoms with E-state index in [1.807, 2.05) is 31.2 Å². The van der Waals surface area contributed by atoms with Crippen molar-refractivity contribution in [2.75, 3.05) is 0 Å². The lowest BCUT2D eigenvalue weighted by atomic mass is 10.2. The lowest BCUT2D eigenvalue weighted by molar-refractivity contribution is 0.0696. The molecule has 0 amide bonds. The van der Waals surface area contributed by atoms with Gasteiger partial charge in [0.05, 0.1) is 16.9 Å². The lowest BCUT2D eigenvalue weighted by Gasteiger charge is -2.01. The lowest BCUT2D eigenvalue weighted by Crippen LogP contribution is -2.13. The molecule has 1 heterocycles. The number of hydrogen-bond donors (Lipinski definition) is 3. The van der Waals surface area contributed by atoms with Gasteiger partial charge in [-0.25, -0.2) is 9.48 Å². The molecule has 0 aliphatic heterocycles. The van der Waals surface area contributed by atoms with Crippen LogP contribution in [0.25, 0.3) is 5.69 Å². The minimum Gasteiger partial charge on any atom is -0.506 e. The van der Waals surface area contributed by atoms with E-state index in [1.165, 1.54) is 16.8 Å². The van der Waals surface area contributed by atoms with Crippen LogP contribution in [0.2, 0.25) is 0 Å². The van der Waals surface area contributed by atoms with Gasteiger partial charge in [0.25, 0.3) is 5.56 Å². The van der Waals surface area contributed by atoms with Crippen LogP contribution in [0.1, 0.15) is 21.6 Å². The molecule has 0 aliphatic carbocycles. The minimum absolute atomic E-state index is 0.0666. The third kappa shape index (κ3) is 3.25. The predicted molar refractivity (Wildman–Crippen MR) is 95.1 cm³/mol. The summed E-state index contributed by atoms with van der Waals surface area (Å²) in [5.74, 6) is -1.49. The Morgan fingerprint density at radius 2 is 1.77 bits per heavy atom. The molecule has 2 aromatic carbocycles. The zero-order chi connectivity index (χ0) is 18.8. The van der Waals surface area contributed by atoms with E-state index < -0.39 is 5.97 Å². The highest BCUT2D eigenvalue weighted by Crippen LogP contribution is 2.29. The van der Waals surface area contributed by atoms with Crippen LogP contribution in [0.4, 0.5) is 11.4 Å². The van der Waals surface area contributed by atoms with Crippen molar-refractivity contribution in [1.82, 2.24) is 9.78 Å². The number of H-pyrrole nitrogens is 1. The molecule has 0 aliphatic rings. The molecule has 8 heteroatoms. The first-order valence-electron chi connectivity index (χ1n) is 7.73. The number of carboxylic acids is 1. The molecule has 0 bridgehead atoms. The molecule has 0 radical (unpaired) electrons. The number of benzene rings is 2. The number of hydrogen-bond acceptors (Lipinski definition) is 5. The Bertz CT molecular complexity index is 1060. The number of phenolic OH excluding ortho intramolecular Hbond substituents is 1. The number of rotatable bonds is 4. The van der Waals surface area contributed by atoms with E-state index in [9.17, 15) is 14.7 Å². The van der Waals surface area contributed by atoms with Crippen molar-refractivity contribution in [3.8, 4) is 11.4 Å². The second-order valence-electron chi connectivity index (χ2n) is 5.77. The van der Waals surface area contributed by atoms with E-state index in [1.54, 1.807) is 6.92 Å². The van der Waals surface area contributed by atoms with Gasteiger partial charge in [0.15, 0.2) is 5.69 Å². The van der Waals surface area contributed by atoms with E-state index >= 15 is 0 Å². The first kappa shape index (κ1) is 17.2. The van der Waals surface area contributed by atoms with Gasteiger partial charge in [-0.2, -0.15) is 0 Å². The van der Waals surface area contributed by atoms with Crippen molar-refractivity contribution in [1.29, 1.82) is 0 Å². The topological polar surface area (TPSA) is 120 Å². The largest absolute Gasteiger partial charge is 0.506 e. The van der Waals surface area contributed by atoms with Crippen molar-refractivity contribution in [2.24, 2.45) is 10.2 Å². The first-order valence-corrected chi connectivity index (χ1v) is 7.73. The number of azo groups is 1. The van der Waals surface area contributed by atoms with Crippen LogP contribution >= 0.6 is 0 Å². The number of carbonyl (C=O) groups is 1. The third-order valence-electron chi connectivity index (χ3n) is 3.81. The van der Waals surface area contributed by atoms with Gasteiger partial charge in [0.1, 0.15) is 11.4 Å². The quantitative estimate of drug-likeness (QED) is 0.621. The maximum Gasteiger partial charge on any atom is 0.335 e. The van der Waals surface area contributed by atoms with Crippen LogP contribution in [-0.2, 0) is 0 Å². The third-order valence-corrected chi connectivity index (χ3v) is 3.81. The summed E-state index contributed by atoms with van der Waals surface area (Å²) in [5, 5.41) is 29.5. The maximum atomic E-state index is 12.6. The summed E-state index contributed by atoms with van der Waals surface area (Å²) < 4.78 is 1.36. The molecule has 3 rings (SSSR count). The summed E-state index contributed by atoms with van der Waals surface area (Å²) in [6, 6.07) is 11.1. The van der Waals surface area contributed by atoms with E-state index in [-0.39, 0.29) is 28.2 Å². The number of nitrogens with zero attached hydrogens (tertiary/aromatic N) is 3. The molecule has 26 heavy (non-hydrogen) atoms. The molecular weight excluding hydrogens is 336 g/mol. The standard InChI is InChI=1S/C18H16N4O4/c1-10-3-6-13(7-4-10)22-17(24)16(11(2)21-22)20-19-14-8-5-12(18(25)26)9-15(14)23/h3-9,21,23H,1-2H3,(H,25,26). The van der Waals surface area contributed by atoms with Gasteiger partial charge in [-0.15, -0.1) is 10.2 Å². The Kier molecular flexibility index (Phi) is 4.40. The summed E-state index contributed by atoms with van der Waals surface area (Å²) in [4.78, 5) is 23.4. The molecule has 8 nitrogen and oxygen atoms in total. The maximum absolute atomic E-state index is 12.6. The van der Waals surface area contributed by atoms with Crippen LogP contribution in [0.3, 0.4) is 0 Å². The summed E-state index contributed by atoms with van der Waals surface area (Å²) >= 11 is 0. The van der Waals surface area contributed by atoms with Crippen molar-refractivity contribution in [2.45, 2.75) is 13.8 Å². The Morgan fingerprint density at radius 1 is 1.08 bits per heavy atom. The summed E-state index contributed by atoms with van der Waals surface area (Å²) in [6.07, 6.45) is 0. The SMILES string of the molecule is Cc1ccc(-n2[nH]c(C)c(N=Nc3ccc(C(=O)O)cc3O)c2=O)cc1. The van der Waals surface area contributed by atoms with Gasteiger partial charge in [0, 0.05) is 0 Å². The fourth-order valence-electron chi connectivity index (χ4n) is 2.38. The Balaban J connectivity index is 1.96. The van der Waals surface area contributed by atoms with E-state index in [0.717, 1.165) is 11.6 Å². The average molecular weight is 352 g/mol. The molecule has 1 aromatic heterocycles. The molecule has 3 aromatic rings. The summed E-state index contributed by atoms with van der Waals surface area (Å²) in [7, 11) is 0. The fraction of sp³-hybridized carbons (Fsp3) is 0.111. The van der Waals surface area contributed by atoms with Gasteiger partial charge >= 0.3 is 5.97 Å². The second kappa shape index (κ2) is 6.67. The highest BCUT2D eigenvalue weighted by Gasteiger charge is 2.13. The number of aromatic nitrogens is 2. The van der Waals surface area contributed by atoms with Gasteiger partial charge in [-0.05, 0) is 44.2 Å². The Morgan fingerprint density at radius 3 is 2.38 bits per heavy atom. The summed E-state index contributed by atoms with van der Waals surface area (Å²) in [6.45, 7) is 3.64. The van der Waals surface area contributed by atoms with Gasteiger partial charge in [0.2, 0.25) is 0 Å². The highest BCUT2D eigenvalue weighted by molar-refractivity contribution is 5.88. The molecule has 0 unspecified atom stereocenters. The molecule has 0 saturated carbocycles. The van der Waals surface area contributed by atoms with Crippen molar-refractivity contribution < 1.29 is 15.0 Å². The molecule has 0 atom stereocenters. The van der Waals surface area contributed by atoms with Gasteiger partial charge < -0.3 is 10.2 Å². The van der Waals surface area contributed by atoms with Crippen molar-refractivity contribution in [3.05, 3.63) is 69.6 Å². The zero-order valence-electron chi connectivity index (χ0n) is 14.1. The number of aromatic hydroxyl groups is 1. The van der Waals surface area contributed by atoms with Crippen LogP contribution in [0.15, 0.2) is 57.5 Å². The molecular formula is C18H16N4O4. The molecule has 3 N–H and O–H groups in total. The number of nitrogens with one attached hydrogen (secondary N) is 1. The second-order valence-corrected chi connectivity index (χ2v) is 5.77. The normalized spacial score (nSPS) is 11.2. The number of phenols is 1. The van der Waals surface area contributed by atoms with E-state index in [0.29, 0.717) is 11.4 Å². The molecule has 0 spiro atoms. The van der Waals surface area contributed by atoms with Crippen molar-refractivity contribution in [3.63, 3.8) is 0 Å². The number of aryl methyl sites for hydroxylation is 2. The van der Waals surface area contributed by atoms with Crippen LogP contribution in [0.5, 0.6) is 5.75 Å². The molecule has 0 fully saturated rings. The summed E-state index contributed by atoms with van der Waals surface area (Å²) in [5.41, 5.74) is 1.98. The average Bonchev–Trinajstić information content (AvgIpc) is 2.89. The Hall–Kier alpha value is -3.68. The smallest absolute Gasteiger partial charge is 0.335 e. The Labute approximate surface area is 148 Å². The fourth-order valence-corrected chi connectivity index (χ4v) is 2.38. The molecule has 0 saturated heterocycles. The van der Waals surface area contributed by atoms with E-state index in [4.69, 9.17) is 5.11 Å². The van der Waals surface area contributed by atoms with Crippen LogP contribution in [0, 0.1) is 13.8 Å². The number of aromatic carboxylic acids is 1. The highest BCUT2D eigenvalue weighted by atomic mass is 16.4. The predicted octanol–water partition coefficient (Wildman–Crippen LogP) is 3.60. The van der Waals surface area contributed by atoms with Gasteiger partial charge in [-0.3, -0.25) is 9.89 Å². The minimum atomic E-state index is -1.16. The molecule has 132 valence electrons. The van der Waals surface area contributed by atoms with Gasteiger partial charge in [-0.1, -0.05) is 17.7 Å². The zero-order valence-corrected chi connectivity index (χ0v) is 14.1.